The van der Waals surface area contributed by atoms with Gasteiger partial charge in [-0.3, -0.25) is 0 Å². The van der Waals surface area contributed by atoms with Crippen molar-refractivity contribution in [3.63, 3.8) is 0 Å². The van der Waals surface area contributed by atoms with Crippen LogP contribution in [0.15, 0.2) is 48.5 Å². The Bertz CT molecular complexity index is 430. The Labute approximate surface area is 110 Å². The maximum Gasteiger partial charge on any atom is 0.123 e. The van der Waals surface area contributed by atoms with Crippen LogP contribution in [0.4, 0.5) is 4.39 Å². The Hall–Kier alpha value is -1.63. The van der Waals surface area contributed by atoms with Gasteiger partial charge in [-0.1, -0.05) is 69.7 Å². The maximum atomic E-state index is 12.7. The van der Waals surface area contributed by atoms with Crippen molar-refractivity contribution in [1.29, 1.82) is 0 Å². The SMILES string of the molecule is CC.CC.Cc1cccc(-c2ccc(F)cc2)c1. The van der Waals surface area contributed by atoms with Crippen molar-refractivity contribution in [2.24, 2.45) is 0 Å². The molecule has 1 heteroatoms. The first kappa shape index (κ1) is 16.4. The molecule has 0 fully saturated rings. The van der Waals surface area contributed by atoms with Crippen molar-refractivity contribution >= 4 is 0 Å². The van der Waals surface area contributed by atoms with Gasteiger partial charge in [0.15, 0.2) is 0 Å². The molecule has 98 valence electrons. The zero-order chi connectivity index (χ0) is 14.0. The number of aryl methyl sites for hydroxylation is 1. The predicted octanol–water partition coefficient (Wildman–Crippen LogP) is 5.85. The lowest BCUT2D eigenvalue weighted by molar-refractivity contribution is 0.628. The molecule has 2 aromatic carbocycles. The van der Waals surface area contributed by atoms with E-state index in [1.807, 2.05) is 52.8 Å². The lowest BCUT2D eigenvalue weighted by Crippen LogP contribution is -1.79. The topological polar surface area (TPSA) is 0 Å². The molecular weight excluding hydrogens is 223 g/mol. The van der Waals surface area contributed by atoms with E-state index in [1.165, 1.54) is 17.7 Å². The fraction of sp³-hybridized carbons (Fsp3) is 0.294. The minimum atomic E-state index is -0.193. The molecule has 0 saturated carbocycles. The zero-order valence-corrected chi connectivity index (χ0v) is 12.0. The highest BCUT2D eigenvalue weighted by atomic mass is 19.1. The van der Waals surface area contributed by atoms with Gasteiger partial charge < -0.3 is 0 Å². The third-order valence-electron chi connectivity index (χ3n) is 2.20. The molecule has 0 bridgehead atoms. The molecule has 0 N–H and O–H groups in total. The van der Waals surface area contributed by atoms with Crippen LogP contribution in [0.1, 0.15) is 33.3 Å². The lowest BCUT2D eigenvalue weighted by Gasteiger charge is -2.02. The van der Waals surface area contributed by atoms with Crippen molar-refractivity contribution in [1.82, 2.24) is 0 Å². The van der Waals surface area contributed by atoms with Crippen molar-refractivity contribution in [3.05, 3.63) is 59.9 Å². The largest absolute Gasteiger partial charge is 0.207 e. The molecule has 0 aliphatic rings. The molecule has 0 aromatic heterocycles. The molecule has 0 amide bonds. The Morgan fingerprint density at radius 1 is 0.722 bits per heavy atom. The van der Waals surface area contributed by atoms with E-state index in [0.717, 1.165) is 11.1 Å². The van der Waals surface area contributed by atoms with E-state index in [1.54, 1.807) is 12.1 Å². The summed E-state index contributed by atoms with van der Waals surface area (Å²) >= 11 is 0. The third kappa shape index (κ3) is 5.13. The molecule has 18 heavy (non-hydrogen) atoms. The zero-order valence-electron chi connectivity index (χ0n) is 12.0. The van der Waals surface area contributed by atoms with Crippen molar-refractivity contribution in [3.8, 4) is 11.1 Å². The lowest BCUT2D eigenvalue weighted by atomic mass is 10.0. The van der Waals surface area contributed by atoms with Crippen LogP contribution in [-0.4, -0.2) is 0 Å². The summed E-state index contributed by atoms with van der Waals surface area (Å²) in [6, 6.07) is 14.7. The van der Waals surface area contributed by atoms with Crippen LogP contribution in [0, 0.1) is 12.7 Å². The molecule has 0 unspecified atom stereocenters. The van der Waals surface area contributed by atoms with Gasteiger partial charge in [0.2, 0.25) is 0 Å². The summed E-state index contributed by atoms with van der Waals surface area (Å²) in [6.45, 7) is 10.0. The molecule has 0 spiro atoms. The average molecular weight is 246 g/mol. The Morgan fingerprint density at radius 3 is 1.78 bits per heavy atom. The average Bonchev–Trinajstić information content (AvgIpc) is 2.44. The molecule has 0 heterocycles. The number of halogens is 1. The van der Waals surface area contributed by atoms with Gasteiger partial charge in [0, 0.05) is 0 Å². The first-order chi connectivity index (χ1) is 8.75. The van der Waals surface area contributed by atoms with Gasteiger partial charge in [-0.15, -0.1) is 0 Å². The van der Waals surface area contributed by atoms with E-state index in [-0.39, 0.29) is 5.82 Å². The number of hydrogen-bond donors (Lipinski definition) is 0. The second kappa shape index (κ2) is 9.41. The van der Waals surface area contributed by atoms with Gasteiger partial charge in [0.25, 0.3) is 0 Å². The van der Waals surface area contributed by atoms with Crippen molar-refractivity contribution in [2.75, 3.05) is 0 Å². The molecule has 0 nitrogen and oxygen atoms in total. The summed E-state index contributed by atoms with van der Waals surface area (Å²) in [5.41, 5.74) is 3.40. The van der Waals surface area contributed by atoms with E-state index in [0.29, 0.717) is 0 Å². The van der Waals surface area contributed by atoms with Gasteiger partial charge in [-0.25, -0.2) is 4.39 Å². The predicted molar refractivity (Wildman–Crippen MR) is 79.3 cm³/mol. The summed E-state index contributed by atoms with van der Waals surface area (Å²) in [5.74, 6) is -0.193. The normalized spacial score (nSPS) is 8.56. The molecule has 2 rings (SSSR count). The van der Waals surface area contributed by atoms with Crippen molar-refractivity contribution in [2.45, 2.75) is 34.6 Å². The standard InChI is InChI=1S/C13H11F.2C2H6/c1-10-3-2-4-12(9-10)11-5-7-13(14)8-6-11;2*1-2/h2-9H,1H3;2*1-2H3. The second-order valence-electron chi connectivity index (χ2n) is 3.38. The van der Waals surface area contributed by atoms with Gasteiger partial charge in [0.05, 0.1) is 0 Å². The number of hydrogen-bond acceptors (Lipinski definition) is 0. The molecular formula is C17H23F. The quantitative estimate of drug-likeness (QED) is 0.591. The Kier molecular flexibility index (Phi) is 8.55. The maximum absolute atomic E-state index is 12.7. The van der Waals surface area contributed by atoms with E-state index in [2.05, 4.69) is 6.07 Å². The highest BCUT2D eigenvalue weighted by molar-refractivity contribution is 5.63. The molecule has 0 aliphatic carbocycles. The van der Waals surface area contributed by atoms with Gasteiger partial charge >= 0.3 is 0 Å². The van der Waals surface area contributed by atoms with Gasteiger partial charge in [0.1, 0.15) is 5.82 Å². The molecule has 0 atom stereocenters. The third-order valence-corrected chi connectivity index (χ3v) is 2.20. The van der Waals surface area contributed by atoms with Crippen LogP contribution in [0.5, 0.6) is 0 Å². The van der Waals surface area contributed by atoms with Crippen LogP contribution in [0.3, 0.4) is 0 Å². The fourth-order valence-electron chi connectivity index (χ4n) is 1.47. The first-order valence-corrected chi connectivity index (χ1v) is 6.58. The first-order valence-electron chi connectivity index (χ1n) is 6.58. The molecule has 0 aliphatic heterocycles. The fourth-order valence-corrected chi connectivity index (χ4v) is 1.47. The van der Waals surface area contributed by atoms with Gasteiger partial charge in [-0.05, 0) is 30.2 Å². The molecule has 2 aromatic rings. The minimum absolute atomic E-state index is 0.193. The minimum Gasteiger partial charge on any atom is -0.207 e. The highest BCUT2D eigenvalue weighted by Crippen LogP contribution is 2.20. The van der Waals surface area contributed by atoms with Gasteiger partial charge in [-0.2, -0.15) is 0 Å². The summed E-state index contributed by atoms with van der Waals surface area (Å²) in [5, 5.41) is 0. The number of rotatable bonds is 1. The van der Waals surface area contributed by atoms with Crippen LogP contribution in [0.2, 0.25) is 0 Å². The summed E-state index contributed by atoms with van der Waals surface area (Å²) in [4.78, 5) is 0. The summed E-state index contributed by atoms with van der Waals surface area (Å²) in [6.07, 6.45) is 0. The monoisotopic (exact) mass is 246 g/mol. The van der Waals surface area contributed by atoms with E-state index in [4.69, 9.17) is 0 Å². The van der Waals surface area contributed by atoms with Crippen molar-refractivity contribution < 1.29 is 4.39 Å². The summed E-state index contributed by atoms with van der Waals surface area (Å²) < 4.78 is 12.7. The van der Waals surface area contributed by atoms with Crippen LogP contribution in [0.25, 0.3) is 11.1 Å². The van der Waals surface area contributed by atoms with E-state index >= 15 is 0 Å². The van der Waals surface area contributed by atoms with E-state index in [9.17, 15) is 4.39 Å². The van der Waals surface area contributed by atoms with Crippen LogP contribution < -0.4 is 0 Å². The molecule has 0 radical (unpaired) electrons. The molecule has 0 saturated heterocycles. The second-order valence-corrected chi connectivity index (χ2v) is 3.38. The Morgan fingerprint density at radius 2 is 1.28 bits per heavy atom. The highest BCUT2D eigenvalue weighted by Gasteiger charge is 1.97. The smallest absolute Gasteiger partial charge is 0.123 e. The Balaban J connectivity index is 0.000000659. The van der Waals surface area contributed by atoms with Crippen LogP contribution in [-0.2, 0) is 0 Å². The van der Waals surface area contributed by atoms with Crippen LogP contribution >= 0.6 is 0 Å². The summed E-state index contributed by atoms with van der Waals surface area (Å²) in [7, 11) is 0. The van der Waals surface area contributed by atoms with E-state index < -0.39 is 0 Å². The number of benzene rings is 2.